The van der Waals surface area contributed by atoms with Crippen molar-refractivity contribution in [2.75, 3.05) is 16.9 Å². The number of fused-ring (bicyclic) bond motifs is 1. The monoisotopic (exact) mass is 436 g/mol. The molecule has 0 bridgehead atoms. The lowest BCUT2D eigenvalue weighted by Crippen LogP contribution is -2.31. The lowest BCUT2D eigenvalue weighted by Gasteiger charge is -2.26. The van der Waals surface area contributed by atoms with Gasteiger partial charge in [-0.15, -0.1) is 4.47 Å². The average Bonchev–Trinajstić information content (AvgIpc) is 2.80. The molecular formula is C24H24N2O4S. The summed E-state index contributed by atoms with van der Waals surface area (Å²) in [5.74, 6) is -0.216. The molecule has 0 heterocycles. The first-order chi connectivity index (χ1) is 15.0. The number of nitrogens with one attached hydrogen (secondary N) is 1. The van der Waals surface area contributed by atoms with E-state index in [0.29, 0.717) is 29.8 Å². The lowest BCUT2D eigenvalue weighted by molar-refractivity contribution is 0.102. The molecule has 0 aliphatic heterocycles. The van der Waals surface area contributed by atoms with E-state index in [9.17, 15) is 13.2 Å². The third-order valence-electron chi connectivity index (χ3n) is 5.40. The number of carbonyl (C=O) groups excluding carboxylic acids is 1. The normalized spacial score (nSPS) is 13.3. The minimum Gasteiger partial charge on any atom is -0.322 e. The summed E-state index contributed by atoms with van der Waals surface area (Å²) >= 11 is 0. The lowest BCUT2D eigenvalue weighted by atomic mass is 9.90. The van der Waals surface area contributed by atoms with E-state index in [-0.39, 0.29) is 10.8 Å². The summed E-state index contributed by atoms with van der Waals surface area (Å²) in [6, 6.07) is 20.9. The van der Waals surface area contributed by atoms with E-state index in [1.807, 2.05) is 24.3 Å². The van der Waals surface area contributed by atoms with Gasteiger partial charge < -0.3 is 5.32 Å². The highest BCUT2D eigenvalue weighted by Gasteiger charge is 2.31. The van der Waals surface area contributed by atoms with Gasteiger partial charge in [0.1, 0.15) is 0 Å². The van der Waals surface area contributed by atoms with Gasteiger partial charge in [-0.3, -0.25) is 9.63 Å². The largest absolute Gasteiger partial charge is 0.322 e. The molecule has 0 atom stereocenters. The van der Waals surface area contributed by atoms with E-state index in [4.69, 9.17) is 4.84 Å². The van der Waals surface area contributed by atoms with Crippen molar-refractivity contribution < 1.29 is 18.0 Å². The van der Waals surface area contributed by atoms with Crippen LogP contribution in [0.4, 0.5) is 11.4 Å². The van der Waals surface area contributed by atoms with Crippen LogP contribution in [0.1, 0.15) is 34.3 Å². The fourth-order valence-electron chi connectivity index (χ4n) is 3.96. The van der Waals surface area contributed by atoms with Crippen molar-refractivity contribution in [3.05, 3.63) is 89.5 Å². The molecule has 1 N–H and O–H groups in total. The molecule has 0 saturated heterocycles. The summed E-state index contributed by atoms with van der Waals surface area (Å²) in [5.41, 5.74) is 3.26. The van der Waals surface area contributed by atoms with Crippen molar-refractivity contribution in [1.82, 2.24) is 0 Å². The molecule has 1 aliphatic rings. The molecular weight excluding hydrogens is 412 g/mol. The Morgan fingerprint density at radius 1 is 0.871 bits per heavy atom. The van der Waals surface area contributed by atoms with Crippen molar-refractivity contribution in [2.45, 2.75) is 30.6 Å². The predicted molar refractivity (Wildman–Crippen MR) is 121 cm³/mol. The molecule has 0 fully saturated rings. The maximum Gasteiger partial charge on any atom is 0.287 e. The Balaban J connectivity index is 1.74. The Morgan fingerprint density at radius 2 is 1.48 bits per heavy atom. The van der Waals surface area contributed by atoms with E-state index in [1.165, 1.54) is 7.11 Å². The smallest absolute Gasteiger partial charge is 0.287 e. The van der Waals surface area contributed by atoms with Gasteiger partial charge in [-0.05, 0) is 73.2 Å². The van der Waals surface area contributed by atoms with Crippen LogP contribution >= 0.6 is 0 Å². The third kappa shape index (κ3) is 4.19. The standard InChI is InChI=1S/C24H24N2O4S/c1-30-26(19-12-6-3-7-13-19)31(28,29)23-17-16-22(20-14-8-9-15-21(20)23)25-24(27)18-10-4-2-5-11-18/h2-7,10-13,16-17H,8-9,14-15H2,1H3,(H,25,27). The topological polar surface area (TPSA) is 75.7 Å². The number of sulfonamides is 1. The fraction of sp³-hybridized carbons (Fsp3) is 0.208. The summed E-state index contributed by atoms with van der Waals surface area (Å²) in [6.45, 7) is 0. The number of carbonyl (C=O) groups is 1. The first-order valence-corrected chi connectivity index (χ1v) is 11.6. The maximum absolute atomic E-state index is 13.5. The summed E-state index contributed by atoms with van der Waals surface area (Å²) in [5, 5.41) is 2.96. The number of amides is 1. The van der Waals surface area contributed by atoms with Crippen LogP contribution in [0.25, 0.3) is 0 Å². The van der Waals surface area contributed by atoms with Crippen LogP contribution in [0, 0.1) is 0 Å². The number of anilines is 2. The molecule has 3 aromatic rings. The average molecular weight is 437 g/mol. The van der Waals surface area contributed by atoms with Crippen molar-refractivity contribution in [3.63, 3.8) is 0 Å². The van der Waals surface area contributed by atoms with Crippen LogP contribution in [0.15, 0.2) is 77.7 Å². The molecule has 0 saturated carbocycles. The molecule has 3 aromatic carbocycles. The van der Waals surface area contributed by atoms with Gasteiger partial charge in [-0.25, -0.2) is 0 Å². The molecule has 0 aromatic heterocycles. The highest BCUT2D eigenvalue weighted by Crippen LogP contribution is 2.35. The highest BCUT2D eigenvalue weighted by atomic mass is 32.2. The summed E-state index contributed by atoms with van der Waals surface area (Å²) in [7, 11) is -2.61. The predicted octanol–water partition coefficient (Wildman–Crippen LogP) is 4.57. The zero-order valence-corrected chi connectivity index (χ0v) is 18.1. The minimum atomic E-state index is -3.94. The van der Waals surface area contributed by atoms with E-state index in [0.717, 1.165) is 28.4 Å². The number of hydrogen-bond acceptors (Lipinski definition) is 4. The highest BCUT2D eigenvalue weighted by molar-refractivity contribution is 7.92. The Labute approximate surface area is 182 Å². The summed E-state index contributed by atoms with van der Waals surface area (Å²) in [6.07, 6.45) is 3.17. The van der Waals surface area contributed by atoms with Gasteiger partial charge in [-0.1, -0.05) is 36.4 Å². The second kappa shape index (κ2) is 8.91. The van der Waals surface area contributed by atoms with Crippen molar-refractivity contribution in [2.24, 2.45) is 0 Å². The fourth-order valence-corrected chi connectivity index (χ4v) is 5.51. The van der Waals surface area contributed by atoms with Crippen molar-refractivity contribution in [1.29, 1.82) is 0 Å². The van der Waals surface area contributed by atoms with E-state index >= 15 is 0 Å². The van der Waals surface area contributed by atoms with Crippen LogP contribution in [0.3, 0.4) is 0 Å². The molecule has 31 heavy (non-hydrogen) atoms. The zero-order valence-electron chi connectivity index (χ0n) is 17.2. The second-order valence-electron chi connectivity index (χ2n) is 7.35. The molecule has 4 rings (SSSR count). The number of para-hydroxylation sites is 1. The van der Waals surface area contributed by atoms with Gasteiger partial charge in [0.05, 0.1) is 17.7 Å². The molecule has 1 amide bonds. The number of hydrogen-bond donors (Lipinski definition) is 1. The van der Waals surface area contributed by atoms with Gasteiger partial charge in [0, 0.05) is 11.3 Å². The molecule has 6 nitrogen and oxygen atoms in total. The van der Waals surface area contributed by atoms with Crippen LogP contribution in [0.2, 0.25) is 0 Å². The molecule has 0 radical (unpaired) electrons. The van der Waals surface area contributed by atoms with E-state index in [1.54, 1.807) is 48.5 Å². The third-order valence-corrected chi connectivity index (χ3v) is 7.14. The van der Waals surface area contributed by atoms with E-state index < -0.39 is 10.0 Å². The van der Waals surface area contributed by atoms with E-state index in [2.05, 4.69) is 5.32 Å². The Hall–Kier alpha value is -3.16. The number of nitrogens with zero attached hydrogens (tertiary/aromatic N) is 1. The molecule has 7 heteroatoms. The van der Waals surface area contributed by atoms with Gasteiger partial charge in [0.2, 0.25) is 0 Å². The first-order valence-electron chi connectivity index (χ1n) is 10.2. The Morgan fingerprint density at radius 3 is 2.13 bits per heavy atom. The number of benzene rings is 3. The minimum absolute atomic E-state index is 0.214. The zero-order chi connectivity index (χ0) is 21.8. The molecule has 160 valence electrons. The van der Waals surface area contributed by atoms with Crippen LogP contribution in [-0.2, 0) is 27.7 Å². The molecule has 0 unspecified atom stereocenters. The van der Waals surface area contributed by atoms with Gasteiger partial charge >= 0.3 is 0 Å². The van der Waals surface area contributed by atoms with Gasteiger partial charge in [0.25, 0.3) is 15.9 Å². The van der Waals surface area contributed by atoms with Crippen LogP contribution in [0.5, 0.6) is 0 Å². The quantitative estimate of drug-likeness (QED) is 0.574. The maximum atomic E-state index is 13.5. The van der Waals surface area contributed by atoms with Crippen molar-refractivity contribution in [3.8, 4) is 0 Å². The van der Waals surface area contributed by atoms with Crippen LogP contribution in [-0.4, -0.2) is 21.4 Å². The van der Waals surface area contributed by atoms with Crippen LogP contribution < -0.4 is 9.79 Å². The Bertz CT molecular complexity index is 1180. The van der Waals surface area contributed by atoms with Gasteiger partial charge in [-0.2, -0.15) is 8.42 Å². The SMILES string of the molecule is CON(c1ccccc1)S(=O)(=O)c1ccc(NC(=O)c2ccccc2)c2c1CCCC2. The first kappa shape index (κ1) is 21.1. The van der Waals surface area contributed by atoms with Crippen molar-refractivity contribution >= 4 is 27.3 Å². The molecule has 0 spiro atoms. The summed E-state index contributed by atoms with van der Waals surface area (Å²) < 4.78 is 28.0. The summed E-state index contributed by atoms with van der Waals surface area (Å²) in [4.78, 5) is 18.2. The second-order valence-corrected chi connectivity index (χ2v) is 9.07. The van der Waals surface area contributed by atoms with Gasteiger partial charge in [0.15, 0.2) is 0 Å². The number of rotatable bonds is 6. The Kier molecular flexibility index (Phi) is 6.06. The molecule has 1 aliphatic carbocycles.